The van der Waals surface area contributed by atoms with Crippen LogP contribution >= 0.6 is 0 Å². The van der Waals surface area contributed by atoms with E-state index in [4.69, 9.17) is 5.10 Å². The standard InChI is InChI=1S/C14H24N6/c1-6-11-14(10(3)15-4)12(7-2)20(18-11)8-13-16-9-17-19(13)5/h9-10,15H,6-8H2,1-5H3. The van der Waals surface area contributed by atoms with Crippen LogP contribution in [0.3, 0.4) is 0 Å². The molecule has 0 bridgehead atoms. The molecule has 20 heavy (non-hydrogen) atoms. The topological polar surface area (TPSA) is 60.6 Å². The quantitative estimate of drug-likeness (QED) is 0.868. The van der Waals surface area contributed by atoms with E-state index < -0.39 is 0 Å². The fourth-order valence-electron chi connectivity index (χ4n) is 2.57. The molecule has 0 aliphatic carbocycles. The van der Waals surface area contributed by atoms with Gasteiger partial charge in [0.25, 0.3) is 0 Å². The van der Waals surface area contributed by atoms with Crippen LogP contribution in [-0.4, -0.2) is 31.6 Å². The molecule has 0 aliphatic rings. The van der Waals surface area contributed by atoms with Gasteiger partial charge in [-0.2, -0.15) is 10.2 Å². The number of aromatic nitrogens is 5. The Morgan fingerprint density at radius 2 is 2.05 bits per heavy atom. The van der Waals surface area contributed by atoms with Gasteiger partial charge in [0.1, 0.15) is 18.7 Å². The fraction of sp³-hybridized carbons (Fsp3) is 0.643. The molecular formula is C14H24N6. The Balaban J connectivity index is 2.43. The molecule has 0 saturated heterocycles. The second-order valence-corrected chi connectivity index (χ2v) is 4.98. The van der Waals surface area contributed by atoms with Crippen molar-refractivity contribution in [2.75, 3.05) is 7.05 Å². The summed E-state index contributed by atoms with van der Waals surface area (Å²) < 4.78 is 3.87. The lowest BCUT2D eigenvalue weighted by Crippen LogP contribution is -2.16. The van der Waals surface area contributed by atoms with Crippen molar-refractivity contribution in [2.24, 2.45) is 7.05 Å². The SMILES string of the molecule is CCc1nn(Cc2ncnn2C)c(CC)c1C(C)NC. The van der Waals surface area contributed by atoms with Crippen molar-refractivity contribution in [1.82, 2.24) is 29.9 Å². The van der Waals surface area contributed by atoms with E-state index in [2.05, 4.69) is 40.9 Å². The maximum atomic E-state index is 4.78. The molecule has 6 heteroatoms. The van der Waals surface area contributed by atoms with Crippen molar-refractivity contribution >= 4 is 0 Å². The van der Waals surface area contributed by atoms with Crippen LogP contribution in [0, 0.1) is 0 Å². The minimum Gasteiger partial charge on any atom is -0.313 e. The second-order valence-electron chi connectivity index (χ2n) is 4.98. The molecule has 6 nitrogen and oxygen atoms in total. The van der Waals surface area contributed by atoms with E-state index in [1.807, 2.05) is 14.1 Å². The van der Waals surface area contributed by atoms with Crippen molar-refractivity contribution in [3.63, 3.8) is 0 Å². The number of aryl methyl sites for hydroxylation is 2. The number of rotatable bonds is 6. The average molecular weight is 276 g/mol. The third-order valence-electron chi connectivity index (χ3n) is 3.81. The molecule has 0 saturated carbocycles. The number of hydrogen-bond acceptors (Lipinski definition) is 4. The molecular weight excluding hydrogens is 252 g/mol. The van der Waals surface area contributed by atoms with Crippen LogP contribution in [0.4, 0.5) is 0 Å². The Hall–Kier alpha value is -1.69. The predicted octanol–water partition coefficient (Wildman–Crippen LogP) is 1.47. The minimum atomic E-state index is 0.313. The van der Waals surface area contributed by atoms with Gasteiger partial charge in [-0.3, -0.25) is 9.36 Å². The highest BCUT2D eigenvalue weighted by molar-refractivity contribution is 5.30. The predicted molar refractivity (Wildman–Crippen MR) is 78.6 cm³/mol. The highest BCUT2D eigenvalue weighted by Gasteiger charge is 2.20. The molecule has 0 spiro atoms. The summed E-state index contributed by atoms with van der Waals surface area (Å²) in [6.07, 6.45) is 3.49. The Morgan fingerprint density at radius 3 is 2.55 bits per heavy atom. The Labute approximate surface area is 120 Å². The summed E-state index contributed by atoms with van der Waals surface area (Å²) in [6.45, 7) is 7.18. The summed E-state index contributed by atoms with van der Waals surface area (Å²) in [5.74, 6) is 0.925. The van der Waals surface area contributed by atoms with Gasteiger partial charge in [0.2, 0.25) is 0 Å². The Kier molecular flexibility index (Phi) is 4.54. The number of nitrogens with zero attached hydrogens (tertiary/aromatic N) is 5. The van der Waals surface area contributed by atoms with E-state index in [1.165, 1.54) is 17.0 Å². The molecule has 2 aromatic rings. The first-order valence-electron chi connectivity index (χ1n) is 7.20. The van der Waals surface area contributed by atoms with Crippen LogP contribution in [0.5, 0.6) is 0 Å². The van der Waals surface area contributed by atoms with Crippen LogP contribution < -0.4 is 5.32 Å². The molecule has 1 N–H and O–H groups in total. The smallest absolute Gasteiger partial charge is 0.148 e. The van der Waals surface area contributed by atoms with Gasteiger partial charge in [0, 0.05) is 24.3 Å². The lowest BCUT2D eigenvalue weighted by molar-refractivity contribution is 0.578. The first kappa shape index (κ1) is 14.7. The minimum absolute atomic E-state index is 0.313. The van der Waals surface area contributed by atoms with Crippen LogP contribution in [0.25, 0.3) is 0 Å². The van der Waals surface area contributed by atoms with Crippen LogP contribution in [0.2, 0.25) is 0 Å². The summed E-state index contributed by atoms with van der Waals surface area (Å²) in [5, 5.41) is 12.2. The second kappa shape index (κ2) is 6.17. The Bertz CT molecular complexity index is 568. The lowest BCUT2D eigenvalue weighted by atomic mass is 10.0. The molecule has 110 valence electrons. The zero-order valence-corrected chi connectivity index (χ0v) is 13.0. The van der Waals surface area contributed by atoms with Crippen molar-refractivity contribution in [1.29, 1.82) is 0 Å². The Morgan fingerprint density at radius 1 is 1.30 bits per heavy atom. The molecule has 1 atom stereocenters. The van der Waals surface area contributed by atoms with Gasteiger partial charge in [-0.15, -0.1) is 0 Å². The molecule has 0 aromatic carbocycles. The van der Waals surface area contributed by atoms with Crippen LogP contribution in [0.1, 0.15) is 49.6 Å². The molecule has 1 unspecified atom stereocenters. The van der Waals surface area contributed by atoms with E-state index in [-0.39, 0.29) is 0 Å². The van der Waals surface area contributed by atoms with E-state index >= 15 is 0 Å². The molecule has 0 aliphatic heterocycles. The largest absolute Gasteiger partial charge is 0.313 e. The molecule has 0 fully saturated rings. The van der Waals surface area contributed by atoms with Crippen molar-refractivity contribution in [3.05, 3.63) is 29.1 Å². The zero-order valence-electron chi connectivity index (χ0n) is 13.0. The first-order valence-corrected chi connectivity index (χ1v) is 7.20. The molecule has 2 heterocycles. The normalized spacial score (nSPS) is 12.8. The first-order chi connectivity index (χ1) is 9.62. The van der Waals surface area contributed by atoms with Gasteiger partial charge < -0.3 is 5.32 Å². The lowest BCUT2D eigenvalue weighted by Gasteiger charge is -2.13. The van der Waals surface area contributed by atoms with Crippen molar-refractivity contribution in [2.45, 2.75) is 46.2 Å². The van der Waals surface area contributed by atoms with E-state index in [0.29, 0.717) is 12.6 Å². The van der Waals surface area contributed by atoms with Crippen molar-refractivity contribution in [3.8, 4) is 0 Å². The molecule has 0 radical (unpaired) electrons. The third-order valence-corrected chi connectivity index (χ3v) is 3.81. The summed E-state index contributed by atoms with van der Waals surface area (Å²) in [6, 6.07) is 0.313. The molecule has 0 amide bonds. The average Bonchev–Trinajstić information content (AvgIpc) is 3.02. The van der Waals surface area contributed by atoms with E-state index in [0.717, 1.165) is 18.7 Å². The summed E-state index contributed by atoms with van der Waals surface area (Å²) >= 11 is 0. The van der Waals surface area contributed by atoms with Gasteiger partial charge in [-0.25, -0.2) is 4.98 Å². The molecule has 2 aromatic heterocycles. The highest BCUT2D eigenvalue weighted by atomic mass is 15.4. The fourth-order valence-corrected chi connectivity index (χ4v) is 2.57. The van der Waals surface area contributed by atoms with Gasteiger partial charge in [-0.1, -0.05) is 13.8 Å². The maximum absolute atomic E-state index is 4.78. The molecule has 2 rings (SSSR count). The maximum Gasteiger partial charge on any atom is 0.148 e. The highest BCUT2D eigenvalue weighted by Crippen LogP contribution is 2.23. The van der Waals surface area contributed by atoms with E-state index in [9.17, 15) is 0 Å². The number of nitrogens with one attached hydrogen (secondary N) is 1. The van der Waals surface area contributed by atoms with Crippen LogP contribution in [0.15, 0.2) is 6.33 Å². The van der Waals surface area contributed by atoms with Gasteiger partial charge >= 0.3 is 0 Å². The monoisotopic (exact) mass is 276 g/mol. The van der Waals surface area contributed by atoms with Crippen LogP contribution in [-0.2, 0) is 26.4 Å². The van der Waals surface area contributed by atoms with Crippen molar-refractivity contribution < 1.29 is 0 Å². The number of hydrogen-bond donors (Lipinski definition) is 1. The van der Waals surface area contributed by atoms with E-state index in [1.54, 1.807) is 11.0 Å². The summed E-state index contributed by atoms with van der Waals surface area (Å²) in [7, 11) is 3.90. The third kappa shape index (κ3) is 2.60. The zero-order chi connectivity index (χ0) is 14.7. The van der Waals surface area contributed by atoms with Gasteiger partial charge in [0.05, 0.1) is 5.69 Å². The van der Waals surface area contributed by atoms with Gasteiger partial charge in [-0.05, 0) is 26.8 Å². The summed E-state index contributed by atoms with van der Waals surface area (Å²) in [5.41, 5.74) is 3.79. The van der Waals surface area contributed by atoms with Gasteiger partial charge in [0.15, 0.2) is 0 Å². The summed E-state index contributed by atoms with van der Waals surface area (Å²) in [4.78, 5) is 4.29.